The maximum absolute atomic E-state index is 12.4. The fraction of sp³-hybridized carbons (Fsp3) is 0.364. The van der Waals surface area contributed by atoms with E-state index in [2.05, 4.69) is 5.32 Å². The zero-order chi connectivity index (χ0) is 19.9. The van der Waals surface area contributed by atoms with Crippen LogP contribution in [0.3, 0.4) is 0 Å². The molecule has 148 valence electrons. The van der Waals surface area contributed by atoms with E-state index in [4.69, 9.17) is 9.47 Å². The summed E-state index contributed by atoms with van der Waals surface area (Å²) in [6.45, 7) is 4.72. The Balaban J connectivity index is 1.52. The van der Waals surface area contributed by atoms with Crippen LogP contribution in [-0.4, -0.2) is 37.1 Å². The van der Waals surface area contributed by atoms with Gasteiger partial charge in [-0.1, -0.05) is 18.2 Å². The molecular formula is C22H26N2O4. The number of nitrogens with one attached hydrogen (secondary N) is 1. The third kappa shape index (κ3) is 5.57. The Hall–Kier alpha value is -2.86. The fourth-order valence-corrected chi connectivity index (χ4v) is 3.06. The third-order valence-electron chi connectivity index (χ3n) is 4.40. The van der Waals surface area contributed by atoms with Gasteiger partial charge in [0.1, 0.15) is 11.5 Å². The van der Waals surface area contributed by atoms with Crippen molar-refractivity contribution >= 4 is 17.5 Å². The lowest BCUT2D eigenvalue weighted by Crippen LogP contribution is -2.37. The van der Waals surface area contributed by atoms with Crippen molar-refractivity contribution in [2.45, 2.75) is 38.8 Å². The molecular weight excluding hydrogens is 356 g/mol. The van der Waals surface area contributed by atoms with Gasteiger partial charge in [-0.3, -0.25) is 9.59 Å². The number of hydrogen-bond donors (Lipinski definition) is 1. The predicted octanol–water partition coefficient (Wildman–Crippen LogP) is 3.52. The lowest BCUT2D eigenvalue weighted by atomic mass is 10.2. The molecule has 1 saturated heterocycles. The van der Waals surface area contributed by atoms with Crippen LogP contribution >= 0.6 is 0 Å². The molecule has 6 nitrogen and oxygen atoms in total. The summed E-state index contributed by atoms with van der Waals surface area (Å²) in [5.74, 6) is 1.38. The van der Waals surface area contributed by atoms with E-state index in [0.29, 0.717) is 31.7 Å². The molecule has 0 aromatic heterocycles. The molecule has 1 heterocycles. The van der Waals surface area contributed by atoms with Gasteiger partial charge in [-0.15, -0.1) is 0 Å². The number of carbonyl (C=O) groups is 2. The van der Waals surface area contributed by atoms with Crippen molar-refractivity contribution in [3.05, 3.63) is 54.6 Å². The van der Waals surface area contributed by atoms with Crippen LogP contribution in [0.25, 0.3) is 0 Å². The second kappa shape index (κ2) is 9.37. The van der Waals surface area contributed by atoms with Crippen molar-refractivity contribution in [2.24, 2.45) is 0 Å². The highest BCUT2D eigenvalue weighted by Crippen LogP contribution is 2.26. The molecule has 0 bridgehead atoms. The van der Waals surface area contributed by atoms with Crippen LogP contribution in [0, 0.1) is 0 Å². The molecule has 2 aromatic rings. The topological polar surface area (TPSA) is 67.9 Å². The van der Waals surface area contributed by atoms with Crippen molar-refractivity contribution in [2.75, 3.05) is 18.1 Å². The average Bonchev–Trinajstić information content (AvgIpc) is 3.03. The van der Waals surface area contributed by atoms with Gasteiger partial charge in [0.25, 0.3) is 0 Å². The Morgan fingerprint density at radius 3 is 2.46 bits per heavy atom. The molecule has 2 amide bonds. The van der Waals surface area contributed by atoms with Gasteiger partial charge in [-0.2, -0.15) is 0 Å². The number of nitrogens with zero attached hydrogens (tertiary/aromatic N) is 1. The number of rotatable bonds is 8. The molecule has 1 atom stereocenters. The SMILES string of the molecule is CC(C)OCCC(=O)NC1CC(=O)N(c2ccc(Oc3ccccc3)cc2)C1. The summed E-state index contributed by atoms with van der Waals surface area (Å²) >= 11 is 0. The van der Waals surface area contributed by atoms with Crippen LogP contribution in [-0.2, 0) is 14.3 Å². The molecule has 28 heavy (non-hydrogen) atoms. The molecule has 0 aliphatic carbocycles. The lowest BCUT2D eigenvalue weighted by Gasteiger charge is -2.18. The predicted molar refractivity (Wildman–Crippen MR) is 108 cm³/mol. The summed E-state index contributed by atoms with van der Waals surface area (Å²) in [5, 5.41) is 2.92. The molecule has 2 aromatic carbocycles. The van der Waals surface area contributed by atoms with Gasteiger partial charge >= 0.3 is 0 Å². The average molecular weight is 382 g/mol. The zero-order valence-electron chi connectivity index (χ0n) is 16.3. The molecule has 6 heteroatoms. The van der Waals surface area contributed by atoms with Crippen molar-refractivity contribution in [1.29, 1.82) is 0 Å². The summed E-state index contributed by atoms with van der Waals surface area (Å²) in [7, 11) is 0. The highest BCUT2D eigenvalue weighted by atomic mass is 16.5. The number of benzene rings is 2. The summed E-state index contributed by atoms with van der Waals surface area (Å²) in [4.78, 5) is 26.1. The number of ether oxygens (including phenoxy) is 2. The molecule has 3 rings (SSSR count). The van der Waals surface area contributed by atoms with E-state index >= 15 is 0 Å². The van der Waals surface area contributed by atoms with E-state index in [0.717, 1.165) is 11.4 Å². The van der Waals surface area contributed by atoms with E-state index in [9.17, 15) is 9.59 Å². The summed E-state index contributed by atoms with van der Waals surface area (Å²) in [6.07, 6.45) is 0.707. The van der Waals surface area contributed by atoms with Crippen LogP contribution in [0.5, 0.6) is 11.5 Å². The summed E-state index contributed by atoms with van der Waals surface area (Å²) < 4.78 is 11.2. The molecule has 0 spiro atoms. The van der Waals surface area contributed by atoms with Gasteiger partial charge in [0.15, 0.2) is 0 Å². The van der Waals surface area contributed by atoms with Gasteiger partial charge in [0.2, 0.25) is 11.8 Å². The molecule has 1 N–H and O–H groups in total. The Kier molecular flexibility index (Phi) is 6.66. The minimum Gasteiger partial charge on any atom is -0.457 e. The normalized spacial score (nSPS) is 16.5. The van der Waals surface area contributed by atoms with Crippen LogP contribution < -0.4 is 15.0 Å². The molecule has 1 aliphatic heterocycles. The number of para-hydroxylation sites is 1. The molecule has 0 saturated carbocycles. The number of anilines is 1. The minimum atomic E-state index is -0.181. The maximum Gasteiger partial charge on any atom is 0.229 e. The second-order valence-electron chi connectivity index (χ2n) is 7.05. The van der Waals surface area contributed by atoms with Crippen LogP contribution in [0.1, 0.15) is 26.7 Å². The van der Waals surface area contributed by atoms with Gasteiger partial charge in [0, 0.05) is 25.1 Å². The van der Waals surface area contributed by atoms with Crippen molar-refractivity contribution in [1.82, 2.24) is 5.32 Å². The van der Waals surface area contributed by atoms with Crippen molar-refractivity contribution in [3.8, 4) is 11.5 Å². The first kappa shape index (κ1) is 19.9. The first-order chi connectivity index (χ1) is 13.5. The van der Waals surface area contributed by atoms with Crippen LogP contribution in [0.15, 0.2) is 54.6 Å². The lowest BCUT2D eigenvalue weighted by molar-refractivity contribution is -0.123. The minimum absolute atomic E-state index is 0.000424. The van der Waals surface area contributed by atoms with Gasteiger partial charge in [0.05, 0.1) is 18.8 Å². The molecule has 1 aliphatic rings. The Morgan fingerprint density at radius 1 is 1.11 bits per heavy atom. The van der Waals surface area contributed by atoms with E-state index in [1.807, 2.05) is 68.4 Å². The molecule has 0 radical (unpaired) electrons. The quantitative estimate of drug-likeness (QED) is 0.759. The zero-order valence-corrected chi connectivity index (χ0v) is 16.3. The number of amides is 2. The second-order valence-corrected chi connectivity index (χ2v) is 7.05. The number of carbonyl (C=O) groups excluding carboxylic acids is 2. The highest BCUT2D eigenvalue weighted by Gasteiger charge is 2.31. The van der Waals surface area contributed by atoms with E-state index < -0.39 is 0 Å². The Labute approximate surface area is 165 Å². The largest absolute Gasteiger partial charge is 0.457 e. The highest BCUT2D eigenvalue weighted by molar-refractivity contribution is 5.96. The molecule has 1 fully saturated rings. The van der Waals surface area contributed by atoms with Gasteiger partial charge in [-0.05, 0) is 50.2 Å². The van der Waals surface area contributed by atoms with Crippen molar-refractivity contribution in [3.63, 3.8) is 0 Å². The van der Waals surface area contributed by atoms with Crippen LogP contribution in [0.4, 0.5) is 5.69 Å². The summed E-state index contributed by atoms with van der Waals surface area (Å²) in [5.41, 5.74) is 0.797. The monoisotopic (exact) mass is 382 g/mol. The number of hydrogen-bond acceptors (Lipinski definition) is 4. The smallest absolute Gasteiger partial charge is 0.229 e. The van der Waals surface area contributed by atoms with Crippen LogP contribution in [0.2, 0.25) is 0 Å². The fourth-order valence-electron chi connectivity index (χ4n) is 3.06. The first-order valence-electron chi connectivity index (χ1n) is 9.55. The van der Waals surface area contributed by atoms with Crippen molar-refractivity contribution < 1.29 is 19.1 Å². The third-order valence-corrected chi connectivity index (χ3v) is 4.40. The Morgan fingerprint density at radius 2 is 1.79 bits per heavy atom. The van der Waals surface area contributed by atoms with E-state index in [1.54, 1.807) is 4.90 Å². The van der Waals surface area contributed by atoms with Gasteiger partial charge in [-0.25, -0.2) is 0 Å². The maximum atomic E-state index is 12.4. The van der Waals surface area contributed by atoms with E-state index in [-0.39, 0.29) is 24.0 Å². The Bertz CT molecular complexity index is 790. The van der Waals surface area contributed by atoms with E-state index in [1.165, 1.54) is 0 Å². The van der Waals surface area contributed by atoms with Gasteiger partial charge < -0.3 is 19.7 Å². The molecule has 1 unspecified atom stereocenters. The summed E-state index contributed by atoms with van der Waals surface area (Å²) in [6, 6.07) is 16.7. The standard InChI is InChI=1S/C22H26N2O4/c1-16(2)27-13-12-21(25)23-17-14-22(26)24(15-17)18-8-10-20(11-9-18)28-19-6-4-3-5-7-19/h3-11,16-17H,12-15H2,1-2H3,(H,23,25). The first-order valence-corrected chi connectivity index (χ1v) is 9.55.